The molecule has 5 N–H and O–H groups in total. The molecular formula is C17H25FN2O2S. The largest absolute Gasteiger partial charge is 0.393 e. The number of halogens is 1. The van der Waals surface area contributed by atoms with Gasteiger partial charge in [-0.3, -0.25) is 4.79 Å². The molecule has 4 nitrogen and oxygen atoms in total. The first kappa shape index (κ1) is 19.5. The van der Waals surface area contributed by atoms with Crippen LogP contribution in [0, 0.1) is 5.92 Å². The van der Waals surface area contributed by atoms with Crippen molar-refractivity contribution in [2.75, 3.05) is 0 Å². The molecule has 3 atom stereocenters. The molecule has 0 heterocycles. The van der Waals surface area contributed by atoms with Gasteiger partial charge in [0.25, 0.3) is 5.91 Å². The van der Waals surface area contributed by atoms with E-state index < -0.39 is 17.7 Å². The van der Waals surface area contributed by atoms with E-state index in [0.29, 0.717) is 12.8 Å². The van der Waals surface area contributed by atoms with E-state index in [1.54, 1.807) is 0 Å². The van der Waals surface area contributed by atoms with Gasteiger partial charge in [-0.05, 0) is 44.6 Å². The third-order valence-corrected chi connectivity index (χ3v) is 4.38. The lowest BCUT2D eigenvalue weighted by molar-refractivity contribution is -0.128. The summed E-state index contributed by atoms with van der Waals surface area (Å²) < 4.78 is 13.9. The second-order valence-electron chi connectivity index (χ2n) is 6.11. The zero-order valence-electron chi connectivity index (χ0n) is 13.4. The quantitative estimate of drug-likeness (QED) is 0.570. The smallest absolute Gasteiger partial charge is 0.254 e. The number of aryl methyl sites for hydroxylation is 1. The third kappa shape index (κ3) is 7.05. The Hall–Kier alpha value is -1.53. The Morgan fingerprint density at radius 1 is 1.30 bits per heavy atom. The molecule has 0 aliphatic rings. The minimum Gasteiger partial charge on any atom is -0.393 e. The number of amides is 1. The number of alkyl halides is 1. The minimum atomic E-state index is -2.09. The molecule has 3 unspecified atom stereocenters. The third-order valence-electron chi connectivity index (χ3n) is 4.04. The first-order chi connectivity index (χ1) is 10.7. The first-order valence-electron chi connectivity index (χ1n) is 7.72. The van der Waals surface area contributed by atoms with Crippen LogP contribution >= 0.6 is 12.2 Å². The number of nitrogens with two attached hydrogens (primary N) is 2. The molecule has 0 saturated heterocycles. The van der Waals surface area contributed by atoms with Crippen LogP contribution < -0.4 is 11.5 Å². The number of rotatable bonds is 10. The minimum absolute atomic E-state index is 0.0598. The molecule has 0 saturated carbocycles. The van der Waals surface area contributed by atoms with Gasteiger partial charge in [-0.25, -0.2) is 4.39 Å². The van der Waals surface area contributed by atoms with Crippen LogP contribution in [0.4, 0.5) is 4.39 Å². The Morgan fingerprint density at radius 2 is 1.91 bits per heavy atom. The van der Waals surface area contributed by atoms with Gasteiger partial charge in [0.05, 0.1) is 11.1 Å². The number of hydrogen-bond donors (Lipinski definition) is 3. The molecule has 0 radical (unpaired) electrons. The van der Waals surface area contributed by atoms with Gasteiger partial charge in [0, 0.05) is 5.92 Å². The van der Waals surface area contributed by atoms with Crippen molar-refractivity contribution in [2.45, 2.75) is 50.8 Å². The standard InChI is InChI=1S/C17H25FN2O2S/c1-17(18,16(20)22)10-9-13(15(19)23)11-14(21)8-7-12-5-3-2-4-6-12/h2-6,13-14,21H,7-11H2,1H3,(H2,19,23)(H2,20,22). The van der Waals surface area contributed by atoms with Crippen LogP contribution in [0.3, 0.4) is 0 Å². The lowest BCUT2D eigenvalue weighted by atomic mass is 9.89. The van der Waals surface area contributed by atoms with E-state index in [-0.39, 0.29) is 23.7 Å². The van der Waals surface area contributed by atoms with E-state index in [0.717, 1.165) is 18.9 Å². The molecule has 1 aromatic rings. The van der Waals surface area contributed by atoms with Gasteiger partial charge in [-0.15, -0.1) is 0 Å². The number of carbonyl (C=O) groups is 1. The predicted octanol–water partition coefficient (Wildman–Crippen LogP) is 2.27. The summed E-state index contributed by atoms with van der Waals surface area (Å²) in [5.41, 5.74) is 9.75. The molecule has 1 rings (SSSR count). The normalized spacial score (nSPS) is 16.3. The van der Waals surface area contributed by atoms with E-state index in [1.165, 1.54) is 0 Å². The van der Waals surface area contributed by atoms with E-state index in [2.05, 4.69) is 0 Å². The van der Waals surface area contributed by atoms with Crippen LogP contribution in [0.1, 0.15) is 38.2 Å². The Bertz CT molecular complexity index is 523. The van der Waals surface area contributed by atoms with Gasteiger partial charge >= 0.3 is 0 Å². The van der Waals surface area contributed by atoms with Crippen molar-refractivity contribution in [1.82, 2.24) is 0 Å². The number of benzene rings is 1. The molecule has 0 aromatic heterocycles. The summed E-state index contributed by atoms with van der Waals surface area (Å²) in [5, 5.41) is 10.2. The summed E-state index contributed by atoms with van der Waals surface area (Å²) in [5.74, 6) is -1.31. The van der Waals surface area contributed by atoms with Crippen molar-refractivity contribution >= 4 is 23.1 Å². The number of hydrogen-bond acceptors (Lipinski definition) is 3. The summed E-state index contributed by atoms with van der Waals surface area (Å²) >= 11 is 5.00. The first-order valence-corrected chi connectivity index (χ1v) is 8.13. The molecule has 0 bridgehead atoms. The SMILES string of the molecule is CC(F)(CCC(CC(O)CCc1ccccc1)C(N)=S)C(N)=O. The molecule has 1 aromatic carbocycles. The van der Waals surface area contributed by atoms with E-state index in [9.17, 15) is 14.3 Å². The van der Waals surface area contributed by atoms with Crippen molar-refractivity contribution < 1.29 is 14.3 Å². The fourth-order valence-corrected chi connectivity index (χ4v) is 2.58. The van der Waals surface area contributed by atoms with Crippen molar-refractivity contribution in [1.29, 1.82) is 0 Å². The summed E-state index contributed by atoms with van der Waals surface area (Å²) in [6.07, 6.45) is 1.32. The van der Waals surface area contributed by atoms with Crippen molar-refractivity contribution in [3.8, 4) is 0 Å². The maximum absolute atomic E-state index is 13.9. The van der Waals surface area contributed by atoms with Crippen molar-refractivity contribution in [3.05, 3.63) is 35.9 Å². The monoisotopic (exact) mass is 340 g/mol. The lowest BCUT2D eigenvalue weighted by Gasteiger charge is -2.23. The molecule has 1 amide bonds. The zero-order valence-corrected chi connectivity index (χ0v) is 14.2. The van der Waals surface area contributed by atoms with E-state index >= 15 is 0 Å². The summed E-state index contributed by atoms with van der Waals surface area (Å²) in [7, 11) is 0. The maximum Gasteiger partial charge on any atom is 0.254 e. The number of aliphatic hydroxyl groups is 1. The van der Waals surface area contributed by atoms with Gasteiger partial charge in [-0.2, -0.15) is 0 Å². The van der Waals surface area contributed by atoms with E-state index in [1.807, 2.05) is 30.3 Å². The molecule has 0 spiro atoms. The van der Waals surface area contributed by atoms with Crippen LogP contribution in [0.15, 0.2) is 30.3 Å². The Kier molecular flexibility index (Phi) is 7.58. The highest BCUT2D eigenvalue weighted by Gasteiger charge is 2.32. The van der Waals surface area contributed by atoms with Crippen LogP contribution in [0.2, 0.25) is 0 Å². The fraction of sp³-hybridized carbons (Fsp3) is 0.529. The molecule has 6 heteroatoms. The van der Waals surface area contributed by atoms with E-state index in [4.69, 9.17) is 23.7 Å². The Labute approximate surface area is 142 Å². The van der Waals surface area contributed by atoms with Crippen LogP contribution in [0.25, 0.3) is 0 Å². The second-order valence-corrected chi connectivity index (χ2v) is 6.58. The van der Waals surface area contributed by atoms with Crippen LogP contribution in [-0.2, 0) is 11.2 Å². The van der Waals surface area contributed by atoms with Crippen molar-refractivity contribution in [3.63, 3.8) is 0 Å². The number of aliphatic hydroxyl groups excluding tert-OH is 1. The van der Waals surface area contributed by atoms with Crippen LogP contribution in [0.5, 0.6) is 0 Å². The van der Waals surface area contributed by atoms with Gasteiger partial charge < -0.3 is 16.6 Å². The molecule has 0 aliphatic carbocycles. The molecule has 0 aliphatic heterocycles. The lowest BCUT2D eigenvalue weighted by Crippen LogP contribution is -2.38. The highest BCUT2D eigenvalue weighted by atomic mass is 32.1. The highest BCUT2D eigenvalue weighted by Crippen LogP contribution is 2.24. The van der Waals surface area contributed by atoms with Gasteiger partial charge in [-0.1, -0.05) is 42.5 Å². The summed E-state index contributed by atoms with van der Waals surface area (Å²) in [6, 6.07) is 9.84. The summed E-state index contributed by atoms with van der Waals surface area (Å²) in [4.78, 5) is 11.2. The highest BCUT2D eigenvalue weighted by molar-refractivity contribution is 7.80. The topological polar surface area (TPSA) is 89.3 Å². The maximum atomic E-state index is 13.9. The number of primary amides is 1. The van der Waals surface area contributed by atoms with Crippen LogP contribution in [-0.4, -0.2) is 27.8 Å². The predicted molar refractivity (Wildman–Crippen MR) is 93.6 cm³/mol. The van der Waals surface area contributed by atoms with Gasteiger partial charge in [0.15, 0.2) is 5.67 Å². The zero-order chi connectivity index (χ0) is 17.5. The Morgan fingerprint density at radius 3 is 2.43 bits per heavy atom. The fourth-order valence-electron chi connectivity index (χ4n) is 2.37. The molecular weight excluding hydrogens is 315 g/mol. The van der Waals surface area contributed by atoms with Crippen molar-refractivity contribution in [2.24, 2.45) is 17.4 Å². The molecule has 0 fully saturated rings. The summed E-state index contributed by atoms with van der Waals surface area (Å²) in [6.45, 7) is 1.15. The molecule has 23 heavy (non-hydrogen) atoms. The number of thiocarbonyl (C=S) groups is 1. The van der Waals surface area contributed by atoms with Gasteiger partial charge in [0.1, 0.15) is 0 Å². The van der Waals surface area contributed by atoms with Gasteiger partial charge in [0.2, 0.25) is 0 Å². The average molecular weight is 340 g/mol. The number of carbonyl (C=O) groups excluding carboxylic acids is 1. The molecule has 128 valence electrons. The second kappa shape index (κ2) is 8.93. The average Bonchev–Trinajstić information content (AvgIpc) is 2.50. The Balaban J connectivity index is 2.48.